The number of carbonyl (C=O) groups is 2. The number of carbonyl (C=O) groups excluding carboxylic acids is 2. The van der Waals surface area contributed by atoms with E-state index in [-0.39, 0.29) is 23.8 Å². The van der Waals surface area contributed by atoms with Gasteiger partial charge in [-0.05, 0) is 52.9 Å². The van der Waals surface area contributed by atoms with Crippen molar-refractivity contribution in [3.63, 3.8) is 0 Å². The predicted octanol–water partition coefficient (Wildman–Crippen LogP) is 4.28. The highest BCUT2D eigenvalue weighted by Gasteiger charge is 2.27. The van der Waals surface area contributed by atoms with Crippen LogP contribution in [0.25, 0.3) is 0 Å². The number of amides is 2. The lowest BCUT2D eigenvalue weighted by atomic mass is 9.86. The summed E-state index contributed by atoms with van der Waals surface area (Å²) in [5.74, 6) is 0.460. The van der Waals surface area contributed by atoms with Crippen LogP contribution in [0, 0.1) is 0 Å². The number of nitrogens with one attached hydrogen (secondary N) is 1. The number of fused-ring (bicyclic) bond motifs is 1. The van der Waals surface area contributed by atoms with Crippen LogP contribution >= 0.6 is 0 Å². The fourth-order valence-corrected chi connectivity index (χ4v) is 3.79. The molecule has 3 aromatic rings. The monoisotopic (exact) mass is 443 g/mol. The number of pyridine rings is 1. The molecular weight excluding hydrogens is 414 g/mol. The third kappa shape index (κ3) is 5.40. The second kappa shape index (κ2) is 9.45. The highest BCUT2D eigenvalue weighted by Crippen LogP contribution is 2.37. The van der Waals surface area contributed by atoms with Gasteiger partial charge < -0.3 is 15.0 Å². The van der Waals surface area contributed by atoms with E-state index in [4.69, 9.17) is 4.74 Å². The highest BCUT2D eigenvalue weighted by atomic mass is 16.5. The second-order valence-corrected chi connectivity index (χ2v) is 9.23. The lowest BCUT2D eigenvalue weighted by molar-refractivity contribution is -0.121. The van der Waals surface area contributed by atoms with Crippen LogP contribution in [0.4, 0.5) is 5.69 Å². The Kier molecular flexibility index (Phi) is 6.45. The maximum absolute atomic E-state index is 12.7. The first kappa shape index (κ1) is 22.5. The molecule has 1 aliphatic rings. The lowest BCUT2D eigenvalue weighted by Gasteiger charge is -2.31. The summed E-state index contributed by atoms with van der Waals surface area (Å²) in [5, 5.41) is 2.95. The average molecular weight is 444 g/mol. The van der Waals surface area contributed by atoms with Crippen LogP contribution < -0.4 is 15.0 Å². The summed E-state index contributed by atoms with van der Waals surface area (Å²) in [6.45, 7) is 7.31. The quantitative estimate of drug-likeness (QED) is 0.617. The number of hydrogen-bond acceptors (Lipinski definition) is 4. The zero-order valence-corrected chi connectivity index (χ0v) is 19.3. The highest BCUT2D eigenvalue weighted by molar-refractivity contribution is 5.98. The molecule has 0 saturated carbocycles. The summed E-state index contributed by atoms with van der Waals surface area (Å²) >= 11 is 0. The summed E-state index contributed by atoms with van der Waals surface area (Å²) in [5.41, 5.74) is 4.24. The zero-order chi connectivity index (χ0) is 23.4. The lowest BCUT2D eigenvalue weighted by Crippen LogP contribution is -2.38. The molecule has 1 N–H and O–H groups in total. The molecule has 170 valence electrons. The molecule has 0 aliphatic carbocycles. The molecule has 6 nitrogen and oxygen atoms in total. The van der Waals surface area contributed by atoms with Crippen LogP contribution in [-0.4, -0.2) is 29.9 Å². The molecular formula is C27H29N3O3. The first-order valence-corrected chi connectivity index (χ1v) is 11.2. The van der Waals surface area contributed by atoms with Crippen molar-refractivity contribution in [1.82, 2.24) is 10.3 Å². The topological polar surface area (TPSA) is 71.5 Å². The van der Waals surface area contributed by atoms with Gasteiger partial charge in [-0.1, -0.05) is 45.0 Å². The Labute approximate surface area is 194 Å². The third-order valence-electron chi connectivity index (χ3n) is 5.69. The molecule has 33 heavy (non-hydrogen) atoms. The van der Waals surface area contributed by atoms with Crippen molar-refractivity contribution in [2.24, 2.45) is 0 Å². The standard InChI is InChI=1S/C27H29N3O3/c1-27(2,3)21-10-11-24-23(16-21)30(25(31)18-33-24)17-19-7-6-8-20(15-19)26(32)29-14-12-22-9-4-5-13-28-22/h4-11,13,15-16H,12,14,17-18H2,1-3H3,(H,29,32). The minimum atomic E-state index is -0.142. The number of anilines is 1. The van der Waals surface area contributed by atoms with Gasteiger partial charge in [-0.2, -0.15) is 0 Å². The zero-order valence-electron chi connectivity index (χ0n) is 19.3. The molecule has 0 saturated heterocycles. The van der Waals surface area contributed by atoms with Crippen molar-refractivity contribution in [3.05, 3.63) is 89.2 Å². The van der Waals surface area contributed by atoms with E-state index in [1.54, 1.807) is 17.2 Å². The van der Waals surface area contributed by atoms with E-state index in [1.807, 2.05) is 54.6 Å². The fraction of sp³-hybridized carbons (Fsp3) is 0.296. The van der Waals surface area contributed by atoms with E-state index >= 15 is 0 Å². The molecule has 2 aromatic carbocycles. The number of ether oxygens (including phenoxy) is 1. The molecule has 0 unspecified atom stereocenters. The minimum Gasteiger partial charge on any atom is -0.482 e. The number of aromatic nitrogens is 1. The Bertz CT molecular complexity index is 1150. The van der Waals surface area contributed by atoms with Crippen molar-refractivity contribution in [3.8, 4) is 5.75 Å². The molecule has 0 atom stereocenters. The van der Waals surface area contributed by atoms with Gasteiger partial charge in [0.25, 0.3) is 11.8 Å². The van der Waals surface area contributed by atoms with Gasteiger partial charge in [-0.3, -0.25) is 14.6 Å². The van der Waals surface area contributed by atoms with Gasteiger partial charge in [0.05, 0.1) is 12.2 Å². The van der Waals surface area contributed by atoms with Gasteiger partial charge in [-0.25, -0.2) is 0 Å². The summed E-state index contributed by atoms with van der Waals surface area (Å²) in [4.78, 5) is 31.4. The molecule has 0 spiro atoms. The van der Waals surface area contributed by atoms with E-state index in [1.165, 1.54) is 0 Å². The Morgan fingerprint density at radius 2 is 1.94 bits per heavy atom. The van der Waals surface area contributed by atoms with E-state index in [9.17, 15) is 9.59 Å². The number of rotatable bonds is 6. The van der Waals surface area contributed by atoms with Crippen molar-refractivity contribution >= 4 is 17.5 Å². The van der Waals surface area contributed by atoms with Crippen molar-refractivity contribution < 1.29 is 14.3 Å². The Morgan fingerprint density at radius 3 is 2.70 bits per heavy atom. The first-order valence-electron chi connectivity index (χ1n) is 11.2. The fourth-order valence-electron chi connectivity index (χ4n) is 3.79. The van der Waals surface area contributed by atoms with Crippen LogP contribution in [0.15, 0.2) is 66.9 Å². The molecule has 1 aliphatic heterocycles. The first-order chi connectivity index (χ1) is 15.8. The van der Waals surface area contributed by atoms with Gasteiger partial charge in [0.15, 0.2) is 6.61 Å². The van der Waals surface area contributed by atoms with Crippen molar-refractivity contribution in [2.45, 2.75) is 39.2 Å². The van der Waals surface area contributed by atoms with Gasteiger partial charge in [-0.15, -0.1) is 0 Å². The maximum atomic E-state index is 12.7. The van der Waals surface area contributed by atoms with E-state index in [0.29, 0.717) is 30.8 Å². The van der Waals surface area contributed by atoms with Crippen molar-refractivity contribution in [1.29, 1.82) is 0 Å². The molecule has 2 amide bonds. The Hall–Kier alpha value is -3.67. The maximum Gasteiger partial charge on any atom is 0.265 e. The minimum absolute atomic E-state index is 0.00949. The van der Waals surface area contributed by atoms with E-state index in [0.717, 1.165) is 22.5 Å². The molecule has 1 aromatic heterocycles. The van der Waals surface area contributed by atoms with Crippen LogP contribution in [0.3, 0.4) is 0 Å². The second-order valence-electron chi connectivity index (χ2n) is 9.23. The van der Waals surface area contributed by atoms with Crippen molar-refractivity contribution in [2.75, 3.05) is 18.1 Å². The van der Waals surface area contributed by atoms with Gasteiger partial charge >= 0.3 is 0 Å². The van der Waals surface area contributed by atoms with Gasteiger partial charge in [0, 0.05) is 30.4 Å². The molecule has 2 heterocycles. The van der Waals surface area contributed by atoms with E-state index < -0.39 is 0 Å². The third-order valence-corrected chi connectivity index (χ3v) is 5.69. The molecule has 6 heteroatoms. The van der Waals surface area contributed by atoms with Gasteiger partial charge in [0.1, 0.15) is 5.75 Å². The normalized spacial score (nSPS) is 13.3. The predicted molar refractivity (Wildman–Crippen MR) is 129 cm³/mol. The molecule has 0 fully saturated rings. The average Bonchev–Trinajstić information content (AvgIpc) is 2.81. The number of hydrogen-bond donors (Lipinski definition) is 1. The smallest absolute Gasteiger partial charge is 0.265 e. The Balaban J connectivity index is 1.48. The Morgan fingerprint density at radius 1 is 1.09 bits per heavy atom. The summed E-state index contributed by atoms with van der Waals surface area (Å²) in [6.07, 6.45) is 2.41. The van der Waals surface area contributed by atoms with Crippen LogP contribution in [-0.2, 0) is 23.2 Å². The molecule has 0 bridgehead atoms. The molecule has 0 radical (unpaired) electrons. The van der Waals surface area contributed by atoms with E-state index in [2.05, 4.69) is 31.1 Å². The summed E-state index contributed by atoms with van der Waals surface area (Å²) in [7, 11) is 0. The number of nitrogens with zero attached hydrogens (tertiary/aromatic N) is 2. The molecule has 4 rings (SSSR count). The number of benzene rings is 2. The van der Waals surface area contributed by atoms with Crippen LogP contribution in [0.5, 0.6) is 5.75 Å². The largest absolute Gasteiger partial charge is 0.482 e. The van der Waals surface area contributed by atoms with Crippen LogP contribution in [0.2, 0.25) is 0 Å². The van der Waals surface area contributed by atoms with Gasteiger partial charge in [0.2, 0.25) is 0 Å². The van der Waals surface area contributed by atoms with Crippen LogP contribution in [0.1, 0.15) is 48.0 Å². The summed E-state index contributed by atoms with van der Waals surface area (Å²) < 4.78 is 5.65. The summed E-state index contributed by atoms with van der Waals surface area (Å²) in [6, 6.07) is 19.1. The SMILES string of the molecule is CC(C)(C)c1ccc2c(c1)N(Cc1cccc(C(=O)NCCc3ccccn3)c1)C(=O)CO2.